The summed E-state index contributed by atoms with van der Waals surface area (Å²) in [5.41, 5.74) is 7.29. The van der Waals surface area contributed by atoms with Crippen molar-refractivity contribution >= 4 is 29.9 Å². The van der Waals surface area contributed by atoms with Gasteiger partial charge in [0.05, 0.1) is 24.6 Å². The fraction of sp³-hybridized carbons (Fsp3) is 0.395. The van der Waals surface area contributed by atoms with E-state index >= 15 is 0 Å². The third-order valence-corrected chi connectivity index (χ3v) is 7.62. The molecule has 8 N–H and O–H groups in total. The maximum atomic E-state index is 13.6. The molecule has 0 aromatic heterocycles. The minimum absolute atomic E-state index is 0.0380. The molecule has 280 valence electrons. The fourth-order valence-electron chi connectivity index (χ4n) is 5.02. The summed E-state index contributed by atoms with van der Waals surface area (Å²) in [5.74, 6) is -2.13. The van der Waals surface area contributed by atoms with E-state index in [1.807, 2.05) is 91.0 Å². The minimum Gasteiger partial charge on any atom is -0.445 e. The molecule has 5 amide bonds. The van der Waals surface area contributed by atoms with Gasteiger partial charge in [0, 0.05) is 19.6 Å². The normalized spacial score (nSPS) is 13.4. The van der Waals surface area contributed by atoms with Crippen LogP contribution < -0.4 is 32.3 Å². The number of carbonyl (C=O) groups excluding carboxylic acids is 5. The second-order valence-electron chi connectivity index (χ2n) is 13.2. The van der Waals surface area contributed by atoms with Gasteiger partial charge in [-0.25, -0.2) is 9.59 Å². The molecule has 1 unspecified atom stereocenters. The average molecular weight is 719 g/mol. The molecule has 0 radical (unpaired) electrons. The van der Waals surface area contributed by atoms with Gasteiger partial charge in [0.15, 0.2) is 0 Å². The number of nitrogens with one attached hydrogen (secondary N) is 5. The Bertz CT molecular complexity index is 1570. The van der Waals surface area contributed by atoms with Crippen LogP contribution in [0.2, 0.25) is 0 Å². The largest absolute Gasteiger partial charge is 0.445 e. The van der Waals surface area contributed by atoms with Crippen LogP contribution in [0.4, 0.5) is 9.59 Å². The minimum atomic E-state index is -1.35. The molecule has 0 saturated heterocycles. The van der Waals surface area contributed by atoms with Gasteiger partial charge in [-0.2, -0.15) is 0 Å². The molecule has 0 spiro atoms. The Morgan fingerprint density at radius 3 is 1.81 bits per heavy atom. The molecular weight excluding hydrogens is 668 g/mol. The molecule has 0 aliphatic carbocycles. The standard InChI is InChI=1S/C38H50N6O8/c1-38(2,3)52-37(50)44-29(21-26-13-7-4-8-14-26)32(45)24-42-31(22-27-15-9-5-10-16-27)35(48)43-30(34(39)47)23-33(46)40-19-20-41-36(49)51-25-28-17-11-6-12-18-28/h4-18,29-32,42,45H,19-25H2,1-3H3,(H2,39,47)(H,40,46)(H,41,49)(H,43,48)(H,44,50)/t29-,30-,31-,32?/m0/s1. The van der Waals surface area contributed by atoms with Crippen molar-refractivity contribution < 1.29 is 38.6 Å². The monoisotopic (exact) mass is 718 g/mol. The number of alkyl carbamates (subject to hydrolysis) is 2. The summed E-state index contributed by atoms with van der Waals surface area (Å²) in [5, 5.41) is 24.8. The zero-order valence-electron chi connectivity index (χ0n) is 29.8. The van der Waals surface area contributed by atoms with Crippen molar-refractivity contribution in [2.24, 2.45) is 5.73 Å². The molecule has 4 atom stereocenters. The SMILES string of the molecule is CC(C)(C)OC(=O)N[C@@H](Cc1ccccc1)C(O)CN[C@@H](Cc1ccccc1)C(=O)N[C@@H](CC(=O)NCCNC(=O)OCc1ccccc1)C(N)=O. The number of primary amides is 1. The predicted octanol–water partition coefficient (Wildman–Crippen LogP) is 2.09. The van der Waals surface area contributed by atoms with Gasteiger partial charge in [0.25, 0.3) is 0 Å². The zero-order chi connectivity index (χ0) is 37.9. The van der Waals surface area contributed by atoms with Gasteiger partial charge in [0.1, 0.15) is 18.2 Å². The van der Waals surface area contributed by atoms with E-state index in [9.17, 15) is 29.1 Å². The molecule has 14 nitrogen and oxygen atoms in total. The van der Waals surface area contributed by atoms with Gasteiger partial charge in [0.2, 0.25) is 17.7 Å². The van der Waals surface area contributed by atoms with Crippen molar-refractivity contribution in [1.29, 1.82) is 0 Å². The number of carbonyl (C=O) groups is 5. The first-order valence-electron chi connectivity index (χ1n) is 17.1. The van der Waals surface area contributed by atoms with E-state index in [0.29, 0.717) is 0 Å². The summed E-state index contributed by atoms with van der Waals surface area (Å²) >= 11 is 0. The highest BCUT2D eigenvalue weighted by molar-refractivity contribution is 5.92. The number of aliphatic hydroxyl groups is 1. The second-order valence-corrected chi connectivity index (χ2v) is 13.2. The van der Waals surface area contributed by atoms with Gasteiger partial charge in [-0.3, -0.25) is 14.4 Å². The molecular formula is C38H50N6O8. The summed E-state index contributed by atoms with van der Waals surface area (Å²) < 4.78 is 10.5. The molecule has 14 heteroatoms. The Kier molecular flexibility index (Phi) is 16.6. The van der Waals surface area contributed by atoms with Crippen LogP contribution >= 0.6 is 0 Å². The number of hydrogen-bond acceptors (Lipinski definition) is 9. The summed E-state index contributed by atoms with van der Waals surface area (Å²) in [6.07, 6.45) is -2.52. The molecule has 52 heavy (non-hydrogen) atoms. The number of amides is 5. The number of benzene rings is 3. The van der Waals surface area contributed by atoms with E-state index in [0.717, 1.165) is 16.7 Å². The van der Waals surface area contributed by atoms with Gasteiger partial charge in [-0.05, 0) is 50.3 Å². The third kappa shape index (κ3) is 16.0. The van der Waals surface area contributed by atoms with Crippen LogP contribution in [0, 0.1) is 0 Å². The van der Waals surface area contributed by atoms with Crippen LogP contribution in [-0.2, 0) is 43.3 Å². The van der Waals surface area contributed by atoms with E-state index in [4.69, 9.17) is 15.2 Å². The Hall–Kier alpha value is -5.47. The number of rotatable bonds is 19. The first kappa shape index (κ1) is 41.0. The van der Waals surface area contributed by atoms with Crippen molar-refractivity contribution in [1.82, 2.24) is 26.6 Å². The topological polar surface area (TPSA) is 210 Å². The van der Waals surface area contributed by atoms with Crippen LogP contribution in [0.25, 0.3) is 0 Å². The Morgan fingerprint density at radius 1 is 0.712 bits per heavy atom. The van der Waals surface area contributed by atoms with E-state index < -0.39 is 66.2 Å². The fourth-order valence-corrected chi connectivity index (χ4v) is 5.02. The molecule has 3 aromatic rings. The zero-order valence-corrected chi connectivity index (χ0v) is 29.8. The van der Waals surface area contributed by atoms with E-state index in [2.05, 4.69) is 26.6 Å². The molecule has 0 saturated carbocycles. The maximum absolute atomic E-state index is 13.6. The number of nitrogens with two attached hydrogens (primary N) is 1. The van der Waals surface area contributed by atoms with Gasteiger partial charge < -0.3 is 46.9 Å². The highest BCUT2D eigenvalue weighted by atomic mass is 16.6. The lowest BCUT2D eigenvalue weighted by molar-refractivity contribution is -0.131. The lowest BCUT2D eigenvalue weighted by atomic mass is 10.00. The van der Waals surface area contributed by atoms with E-state index in [1.165, 1.54) is 0 Å². The highest BCUT2D eigenvalue weighted by Gasteiger charge is 2.29. The Labute approximate surface area is 304 Å². The lowest BCUT2D eigenvalue weighted by Crippen LogP contribution is -2.56. The number of ether oxygens (including phenoxy) is 2. The van der Waals surface area contributed by atoms with Crippen molar-refractivity contribution in [3.8, 4) is 0 Å². The molecule has 0 heterocycles. The van der Waals surface area contributed by atoms with E-state index in [-0.39, 0.29) is 39.1 Å². The van der Waals surface area contributed by atoms with Crippen LogP contribution in [0.5, 0.6) is 0 Å². The predicted molar refractivity (Wildman–Crippen MR) is 195 cm³/mol. The highest BCUT2D eigenvalue weighted by Crippen LogP contribution is 2.11. The summed E-state index contributed by atoms with van der Waals surface area (Å²) in [6, 6.07) is 24.5. The lowest BCUT2D eigenvalue weighted by Gasteiger charge is -2.28. The van der Waals surface area contributed by atoms with Gasteiger partial charge in [-0.1, -0.05) is 91.0 Å². The van der Waals surface area contributed by atoms with Crippen molar-refractivity contribution in [2.45, 2.75) is 76.5 Å². The molecule has 3 rings (SSSR count). The molecule has 0 fully saturated rings. The maximum Gasteiger partial charge on any atom is 0.407 e. The quantitative estimate of drug-likeness (QED) is 0.0904. The van der Waals surface area contributed by atoms with Crippen LogP contribution in [0.3, 0.4) is 0 Å². The van der Waals surface area contributed by atoms with E-state index in [1.54, 1.807) is 20.8 Å². The number of hydrogen-bond donors (Lipinski definition) is 7. The average Bonchev–Trinajstić information content (AvgIpc) is 3.10. The number of aliphatic hydroxyl groups excluding tert-OH is 1. The van der Waals surface area contributed by atoms with Gasteiger partial charge in [-0.15, -0.1) is 0 Å². The smallest absolute Gasteiger partial charge is 0.407 e. The van der Waals surface area contributed by atoms with Crippen LogP contribution in [0.1, 0.15) is 43.9 Å². The van der Waals surface area contributed by atoms with Gasteiger partial charge >= 0.3 is 12.2 Å². The molecule has 0 aliphatic rings. The summed E-state index contributed by atoms with van der Waals surface area (Å²) in [7, 11) is 0. The summed E-state index contributed by atoms with van der Waals surface area (Å²) in [6.45, 7) is 5.27. The Balaban J connectivity index is 1.59. The molecule has 3 aromatic carbocycles. The van der Waals surface area contributed by atoms with Crippen LogP contribution in [-0.4, -0.2) is 84.5 Å². The summed E-state index contributed by atoms with van der Waals surface area (Å²) in [4.78, 5) is 63.2. The molecule has 0 aliphatic heterocycles. The van der Waals surface area contributed by atoms with Crippen molar-refractivity contribution in [2.75, 3.05) is 19.6 Å². The Morgan fingerprint density at radius 2 is 1.25 bits per heavy atom. The van der Waals surface area contributed by atoms with Crippen molar-refractivity contribution in [3.63, 3.8) is 0 Å². The van der Waals surface area contributed by atoms with Crippen LogP contribution in [0.15, 0.2) is 91.0 Å². The third-order valence-electron chi connectivity index (χ3n) is 7.62. The van der Waals surface area contributed by atoms with Crippen molar-refractivity contribution in [3.05, 3.63) is 108 Å². The first-order valence-corrected chi connectivity index (χ1v) is 17.1. The second kappa shape index (κ2) is 21.0. The molecule has 0 bridgehead atoms. The first-order chi connectivity index (χ1) is 24.8.